The number of hydrogen-bond acceptors (Lipinski definition) is 3. The minimum absolute atomic E-state index is 0.0121. The van der Waals surface area contributed by atoms with Gasteiger partial charge in [-0.05, 0) is 25.2 Å². The van der Waals surface area contributed by atoms with E-state index in [1.54, 1.807) is 11.8 Å². The molecule has 104 valence electrons. The fourth-order valence-electron chi connectivity index (χ4n) is 1.97. The van der Waals surface area contributed by atoms with E-state index in [0.29, 0.717) is 0 Å². The van der Waals surface area contributed by atoms with Crippen molar-refractivity contribution in [1.82, 2.24) is 10.2 Å². The summed E-state index contributed by atoms with van der Waals surface area (Å²) in [5, 5.41) is 2.71. The van der Waals surface area contributed by atoms with Crippen LogP contribution in [0.4, 0.5) is 0 Å². The third-order valence-corrected chi connectivity index (χ3v) is 3.36. The van der Waals surface area contributed by atoms with E-state index in [1.165, 1.54) is 0 Å². The molecule has 1 rings (SSSR count). The van der Waals surface area contributed by atoms with Gasteiger partial charge in [0.15, 0.2) is 0 Å². The van der Waals surface area contributed by atoms with E-state index < -0.39 is 12.1 Å². The Balaban J connectivity index is 2.51. The van der Waals surface area contributed by atoms with Crippen LogP contribution in [-0.2, 0) is 9.59 Å². The Bertz CT molecular complexity index is 317. The summed E-state index contributed by atoms with van der Waals surface area (Å²) >= 11 is 0. The van der Waals surface area contributed by atoms with Gasteiger partial charge >= 0.3 is 0 Å². The second-order valence-corrected chi connectivity index (χ2v) is 6.11. The quantitative estimate of drug-likeness (QED) is 0.770. The van der Waals surface area contributed by atoms with Crippen molar-refractivity contribution in [2.24, 2.45) is 11.1 Å². The first kappa shape index (κ1) is 15.0. The molecule has 1 aliphatic rings. The van der Waals surface area contributed by atoms with Crippen molar-refractivity contribution >= 4 is 11.8 Å². The average molecular weight is 255 g/mol. The highest BCUT2D eigenvalue weighted by Crippen LogP contribution is 2.17. The van der Waals surface area contributed by atoms with Gasteiger partial charge < -0.3 is 16.0 Å². The van der Waals surface area contributed by atoms with Gasteiger partial charge in [0.25, 0.3) is 0 Å². The molecule has 1 saturated heterocycles. The molecular weight excluding hydrogens is 230 g/mol. The van der Waals surface area contributed by atoms with Crippen LogP contribution in [0.1, 0.15) is 40.5 Å². The number of nitrogens with one attached hydrogen (secondary N) is 1. The number of amides is 2. The highest BCUT2D eigenvalue weighted by Gasteiger charge is 2.30. The molecule has 0 aliphatic carbocycles. The van der Waals surface area contributed by atoms with Crippen LogP contribution in [0, 0.1) is 5.41 Å². The van der Waals surface area contributed by atoms with Crippen molar-refractivity contribution in [3.05, 3.63) is 0 Å². The molecule has 0 aromatic heterocycles. The smallest absolute Gasteiger partial charge is 0.244 e. The Hall–Kier alpha value is -1.10. The number of nitrogens with zero attached hydrogens (tertiary/aromatic N) is 1. The predicted octanol–water partition coefficient (Wildman–Crippen LogP) is 0.487. The van der Waals surface area contributed by atoms with E-state index >= 15 is 0 Å². The fourth-order valence-corrected chi connectivity index (χ4v) is 1.97. The summed E-state index contributed by atoms with van der Waals surface area (Å²) < 4.78 is 0. The van der Waals surface area contributed by atoms with Crippen molar-refractivity contribution in [3.8, 4) is 0 Å². The Morgan fingerprint density at radius 3 is 2.17 bits per heavy atom. The van der Waals surface area contributed by atoms with E-state index in [4.69, 9.17) is 5.73 Å². The summed E-state index contributed by atoms with van der Waals surface area (Å²) in [6, 6.07) is -1.10. The van der Waals surface area contributed by atoms with Gasteiger partial charge in [-0.3, -0.25) is 9.59 Å². The maximum atomic E-state index is 12.0. The molecule has 0 saturated carbocycles. The number of carbonyl (C=O) groups is 2. The van der Waals surface area contributed by atoms with Gasteiger partial charge in [-0.15, -0.1) is 0 Å². The monoisotopic (exact) mass is 255 g/mol. The van der Waals surface area contributed by atoms with Gasteiger partial charge in [0.2, 0.25) is 11.8 Å². The summed E-state index contributed by atoms with van der Waals surface area (Å²) in [7, 11) is 0. The molecule has 2 amide bonds. The highest BCUT2D eigenvalue weighted by atomic mass is 16.2. The average Bonchev–Trinajstić information content (AvgIpc) is 2.78. The summed E-state index contributed by atoms with van der Waals surface area (Å²) in [5.74, 6) is -0.274. The van der Waals surface area contributed by atoms with E-state index in [9.17, 15) is 9.59 Å². The molecule has 18 heavy (non-hydrogen) atoms. The second kappa shape index (κ2) is 5.69. The number of carbonyl (C=O) groups excluding carboxylic acids is 2. The standard InChI is InChI=1S/C13H25N3O2/c1-9(12(18)16-7-5-6-8-16)15-11(17)10(14)13(2,3)4/h9-10H,5-8,14H2,1-4H3,(H,15,17)/t9?,10-/m1/s1. The third kappa shape index (κ3) is 3.70. The normalized spacial score (nSPS) is 19.5. The SMILES string of the molecule is CC(NC(=O)[C@@H](N)C(C)(C)C)C(=O)N1CCCC1. The summed E-state index contributed by atoms with van der Waals surface area (Å²) in [6.07, 6.45) is 2.10. The largest absolute Gasteiger partial charge is 0.343 e. The molecule has 0 spiro atoms. The fraction of sp³-hybridized carbons (Fsp3) is 0.846. The number of nitrogens with two attached hydrogens (primary N) is 1. The Morgan fingerprint density at radius 2 is 1.72 bits per heavy atom. The lowest BCUT2D eigenvalue weighted by Crippen LogP contribution is -2.54. The zero-order valence-electron chi connectivity index (χ0n) is 11.8. The van der Waals surface area contributed by atoms with Gasteiger partial charge in [0, 0.05) is 13.1 Å². The van der Waals surface area contributed by atoms with E-state index in [2.05, 4.69) is 5.32 Å². The van der Waals surface area contributed by atoms with Gasteiger partial charge in [0.05, 0.1) is 6.04 Å². The molecular formula is C13H25N3O2. The number of hydrogen-bond donors (Lipinski definition) is 2. The molecule has 3 N–H and O–H groups in total. The van der Waals surface area contributed by atoms with Crippen LogP contribution in [0.3, 0.4) is 0 Å². The van der Waals surface area contributed by atoms with Crippen LogP contribution in [0.15, 0.2) is 0 Å². The lowest BCUT2D eigenvalue weighted by atomic mass is 9.87. The van der Waals surface area contributed by atoms with Gasteiger partial charge in [-0.25, -0.2) is 0 Å². The topological polar surface area (TPSA) is 75.4 Å². The molecule has 1 heterocycles. The third-order valence-electron chi connectivity index (χ3n) is 3.36. The van der Waals surface area contributed by atoms with Crippen LogP contribution in [0.2, 0.25) is 0 Å². The van der Waals surface area contributed by atoms with Crippen LogP contribution in [0.25, 0.3) is 0 Å². The van der Waals surface area contributed by atoms with Crippen LogP contribution >= 0.6 is 0 Å². The van der Waals surface area contributed by atoms with Crippen molar-refractivity contribution in [2.75, 3.05) is 13.1 Å². The molecule has 1 aliphatic heterocycles. The van der Waals surface area contributed by atoms with Gasteiger partial charge in [0.1, 0.15) is 6.04 Å². The lowest BCUT2D eigenvalue weighted by molar-refractivity contribution is -0.136. The summed E-state index contributed by atoms with van der Waals surface area (Å²) in [5.41, 5.74) is 5.55. The van der Waals surface area contributed by atoms with E-state index in [1.807, 2.05) is 20.8 Å². The first-order valence-electron chi connectivity index (χ1n) is 6.58. The minimum atomic E-state index is -0.605. The molecule has 2 atom stereocenters. The maximum absolute atomic E-state index is 12.0. The van der Waals surface area contributed by atoms with Gasteiger partial charge in [-0.2, -0.15) is 0 Å². The zero-order valence-corrected chi connectivity index (χ0v) is 11.8. The molecule has 0 radical (unpaired) electrons. The van der Waals surface area contributed by atoms with E-state index in [0.717, 1.165) is 25.9 Å². The van der Waals surface area contributed by atoms with Crippen molar-refractivity contribution in [2.45, 2.75) is 52.6 Å². The molecule has 1 fully saturated rings. The summed E-state index contributed by atoms with van der Waals surface area (Å²) in [4.78, 5) is 25.7. The molecule has 1 unspecified atom stereocenters. The predicted molar refractivity (Wildman–Crippen MR) is 70.8 cm³/mol. The van der Waals surface area contributed by atoms with Crippen LogP contribution < -0.4 is 11.1 Å². The summed E-state index contributed by atoms with van der Waals surface area (Å²) in [6.45, 7) is 9.03. The molecule has 0 aromatic carbocycles. The highest BCUT2D eigenvalue weighted by molar-refractivity contribution is 5.89. The minimum Gasteiger partial charge on any atom is -0.343 e. The number of rotatable bonds is 3. The zero-order chi connectivity index (χ0) is 13.9. The second-order valence-electron chi connectivity index (χ2n) is 6.11. The number of likely N-dealkylation sites (tertiary alicyclic amines) is 1. The molecule has 0 bridgehead atoms. The lowest BCUT2D eigenvalue weighted by Gasteiger charge is -2.28. The van der Waals surface area contributed by atoms with E-state index in [-0.39, 0.29) is 17.2 Å². The Kier molecular flexibility index (Phi) is 4.73. The van der Waals surface area contributed by atoms with Crippen molar-refractivity contribution < 1.29 is 9.59 Å². The Labute approximate surface area is 109 Å². The molecule has 5 nitrogen and oxygen atoms in total. The Morgan fingerprint density at radius 1 is 1.22 bits per heavy atom. The first-order chi connectivity index (χ1) is 8.23. The first-order valence-corrected chi connectivity index (χ1v) is 6.58. The molecule has 0 aromatic rings. The van der Waals surface area contributed by atoms with Crippen molar-refractivity contribution in [1.29, 1.82) is 0 Å². The maximum Gasteiger partial charge on any atom is 0.244 e. The van der Waals surface area contributed by atoms with Gasteiger partial charge in [-0.1, -0.05) is 20.8 Å². The van der Waals surface area contributed by atoms with Crippen molar-refractivity contribution in [3.63, 3.8) is 0 Å². The molecule has 5 heteroatoms. The van der Waals surface area contributed by atoms with Crippen LogP contribution in [0.5, 0.6) is 0 Å². The van der Waals surface area contributed by atoms with Crippen LogP contribution in [-0.4, -0.2) is 41.9 Å².